The summed E-state index contributed by atoms with van der Waals surface area (Å²) in [6, 6.07) is 15.5. The van der Waals surface area contributed by atoms with Gasteiger partial charge in [0, 0.05) is 18.2 Å². The van der Waals surface area contributed by atoms with Crippen molar-refractivity contribution in [2.24, 2.45) is 5.41 Å². The maximum Gasteiger partial charge on any atom is 0.407 e. The van der Waals surface area contributed by atoms with Gasteiger partial charge in [0.25, 0.3) is 0 Å². The van der Waals surface area contributed by atoms with E-state index in [1.807, 2.05) is 24.3 Å². The minimum atomic E-state index is -0.976. The van der Waals surface area contributed by atoms with Gasteiger partial charge in [0.05, 0.1) is 11.3 Å². The number of nitrogens with zero attached hydrogens (tertiary/aromatic N) is 1. The van der Waals surface area contributed by atoms with Gasteiger partial charge in [0.1, 0.15) is 12.6 Å². The topological polar surface area (TPSA) is 95.9 Å². The fourth-order valence-corrected chi connectivity index (χ4v) is 6.71. The molecule has 2 fully saturated rings. The van der Waals surface area contributed by atoms with E-state index < -0.39 is 23.5 Å². The second kappa shape index (κ2) is 9.33. The largest absolute Gasteiger partial charge is 0.480 e. The van der Waals surface area contributed by atoms with Gasteiger partial charge in [0.15, 0.2) is 0 Å². The average Bonchev–Trinajstić information content (AvgIpc) is 3.59. The number of nitrogens with one attached hydrogen (secondary N) is 1. The van der Waals surface area contributed by atoms with Crippen molar-refractivity contribution in [1.29, 1.82) is 0 Å². The van der Waals surface area contributed by atoms with E-state index in [1.165, 1.54) is 27.8 Å². The Hall–Kier alpha value is -3.00. The summed E-state index contributed by atoms with van der Waals surface area (Å²) in [5.74, 6) is -0.394. The Morgan fingerprint density at radius 2 is 1.65 bits per heavy atom. The summed E-state index contributed by atoms with van der Waals surface area (Å²) in [5, 5.41) is 12.3. The lowest BCUT2D eigenvalue weighted by atomic mass is 9.84. The Balaban J connectivity index is 1.24. The van der Waals surface area contributed by atoms with Gasteiger partial charge in [-0.15, -0.1) is 11.8 Å². The van der Waals surface area contributed by atoms with Crippen molar-refractivity contribution in [2.45, 2.75) is 37.6 Å². The van der Waals surface area contributed by atoms with Gasteiger partial charge in [-0.3, -0.25) is 4.79 Å². The Morgan fingerprint density at radius 1 is 1.03 bits per heavy atom. The normalized spacial score (nSPS) is 20.6. The highest BCUT2D eigenvalue weighted by Gasteiger charge is 2.48. The molecule has 0 spiro atoms. The fraction of sp³-hybridized carbons (Fsp3) is 0.423. The van der Waals surface area contributed by atoms with E-state index in [4.69, 9.17) is 4.74 Å². The van der Waals surface area contributed by atoms with Crippen LogP contribution >= 0.6 is 11.8 Å². The van der Waals surface area contributed by atoms with Crippen LogP contribution in [0.5, 0.6) is 0 Å². The van der Waals surface area contributed by atoms with Crippen LogP contribution < -0.4 is 5.32 Å². The maximum atomic E-state index is 13.4. The molecule has 2 aliphatic carbocycles. The van der Waals surface area contributed by atoms with Crippen molar-refractivity contribution in [1.82, 2.24) is 10.2 Å². The summed E-state index contributed by atoms with van der Waals surface area (Å²) >= 11 is 1.45. The molecule has 1 unspecified atom stereocenters. The number of rotatable bonds is 6. The predicted octanol–water partition coefficient (Wildman–Crippen LogP) is 4.07. The van der Waals surface area contributed by atoms with Crippen molar-refractivity contribution in [3.63, 3.8) is 0 Å². The molecule has 0 aromatic heterocycles. The van der Waals surface area contributed by atoms with Gasteiger partial charge >= 0.3 is 12.1 Å². The van der Waals surface area contributed by atoms with Crippen LogP contribution in [0, 0.1) is 5.41 Å². The molecule has 1 aliphatic heterocycles. The first kappa shape index (κ1) is 22.8. The van der Waals surface area contributed by atoms with Crippen molar-refractivity contribution in [2.75, 3.05) is 24.8 Å². The average molecular weight is 481 g/mol. The van der Waals surface area contributed by atoms with Crippen LogP contribution in [0.3, 0.4) is 0 Å². The van der Waals surface area contributed by atoms with Crippen LogP contribution in [0.15, 0.2) is 48.5 Å². The number of amides is 2. The predicted molar refractivity (Wildman–Crippen MR) is 130 cm³/mol. The molecule has 1 saturated heterocycles. The number of hydrogen-bond acceptors (Lipinski definition) is 5. The van der Waals surface area contributed by atoms with E-state index >= 15 is 0 Å². The Kier molecular flexibility index (Phi) is 6.25. The van der Waals surface area contributed by atoms with Crippen molar-refractivity contribution in [3.05, 3.63) is 59.7 Å². The number of carbonyl (C=O) groups is 3. The molecule has 2 amide bonds. The molecule has 2 aromatic rings. The van der Waals surface area contributed by atoms with Crippen LogP contribution in [-0.2, 0) is 14.3 Å². The van der Waals surface area contributed by atoms with Crippen molar-refractivity contribution < 1.29 is 24.2 Å². The number of thioether (sulfide) groups is 1. The molecule has 1 saturated carbocycles. The van der Waals surface area contributed by atoms with E-state index in [9.17, 15) is 19.5 Å². The zero-order valence-electron chi connectivity index (χ0n) is 18.9. The number of carboxylic acids is 1. The van der Waals surface area contributed by atoms with Crippen molar-refractivity contribution >= 4 is 29.7 Å². The molecule has 8 heteroatoms. The number of carbonyl (C=O) groups excluding carboxylic acids is 2. The third-order valence-electron chi connectivity index (χ3n) is 7.36. The number of aliphatic carboxylic acids is 1. The van der Waals surface area contributed by atoms with Gasteiger partial charge in [-0.25, -0.2) is 9.59 Å². The molecular weight excluding hydrogens is 452 g/mol. The SMILES string of the molecule is O=C(NCC1(C(=O)N2CSCC2C(=O)O)CCCC1)OCC1c2ccccc2-c2ccccc21. The molecule has 1 heterocycles. The number of hydrogen-bond donors (Lipinski definition) is 2. The first-order chi connectivity index (χ1) is 16.5. The van der Waals surface area contributed by atoms with Gasteiger partial charge in [-0.2, -0.15) is 0 Å². The summed E-state index contributed by atoms with van der Waals surface area (Å²) in [6.07, 6.45) is 2.51. The molecular formula is C26H28N2O5S. The zero-order chi connectivity index (χ0) is 23.7. The van der Waals surface area contributed by atoms with Crippen LogP contribution in [0.2, 0.25) is 0 Å². The molecule has 3 aliphatic rings. The lowest BCUT2D eigenvalue weighted by molar-refractivity contribution is -0.152. The molecule has 34 heavy (non-hydrogen) atoms. The number of alkyl carbamates (subject to hydrolysis) is 1. The minimum Gasteiger partial charge on any atom is -0.480 e. The standard InChI is InChI=1S/C26H28N2O5S/c29-23(30)22-14-34-16-28(22)24(31)26(11-5-6-12-26)15-27-25(32)33-13-21-19-9-3-1-7-17(19)18-8-2-4-10-20(18)21/h1-4,7-10,21-22H,5-6,11-16H2,(H,27,32)(H,29,30). The van der Waals surface area contributed by atoms with Crippen LogP contribution in [0.1, 0.15) is 42.7 Å². The molecule has 178 valence electrons. The fourth-order valence-electron chi connectivity index (χ4n) is 5.56. The van der Waals surface area contributed by atoms with Crippen LogP contribution in [-0.4, -0.2) is 58.8 Å². The highest BCUT2D eigenvalue weighted by atomic mass is 32.2. The highest BCUT2D eigenvalue weighted by molar-refractivity contribution is 7.99. The Labute approximate surface area is 202 Å². The van der Waals surface area contributed by atoms with E-state index in [0.717, 1.165) is 24.0 Å². The molecule has 2 N–H and O–H groups in total. The number of benzene rings is 2. The van der Waals surface area contributed by atoms with Crippen LogP contribution in [0.4, 0.5) is 4.79 Å². The highest BCUT2D eigenvalue weighted by Crippen LogP contribution is 2.45. The summed E-state index contributed by atoms with van der Waals surface area (Å²) in [5.41, 5.74) is 3.86. The van der Waals surface area contributed by atoms with Gasteiger partial charge in [-0.1, -0.05) is 61.4 Å². The third-order valence-corrected chi connectivity index (χ3v) is 8.37. The molecule has 7 nitrogen and oxygen atoms in total. The zero-order valence-corrected chi connectivity index (χ0v) is 19.7. The minimum absolute atomic E-state index is 0.0295. The first-order valence-corrected chi connectivity index (χ1v) is 12.9. The molecule has 5 rings (SSSR count). The number of fused-ring (bicyclic) bond motifs is 3. The Morgan fingerprint density at radius 3 is 2.26 bits per heavy atom. The van der Waals surface area contributed by atoms with E-state index in [1.54, 1.807) is 0 Å². The van der Waals surface area contributed by atoms with Crippen LogP contribution in [0.25, 0.3) is 11.1 Å². The van der Waals surface area contributed by atoms with Gasteiger partial charge < -0.3 is 20.1 Å². The lowest BCUT2D eigenvalue weighted by Gasteiger charge is -2.33. The third kappa shape index (κ3) is 4.04. The lowest BCUT2D eigenvalue weighted by Crippen LogP contribution is -2.52. The van der Waals surface area contributed by atoms with Gasteiger partial charge in [0.2, 0.25) is 5.91 Å². The maximum absolute atomic E-state index is 13.4. The Bertz CT molecular complexity index is 1070. The smallest absolute Gasteiger partial charge is 0.407 e. The van der Waals surface area contributed by atoms with Gasteiger partial charge in [-0.05, 0) is 35.1 Å². The monoisotopic (exact) mass is 480 g/mol. The van der Waals surface area contributed by atoms with E-state index in [-0.39, 0.29) is 25.0 Å². The molecule has 0 radical (unpaired) electrons. The second-order valence-corrected chi connectivity index (χ2v) is 10.3. The summed E-state index contributed by atoms with van der Waals surface area (Å²) < 4.78 is 5.64. The van der Waals surface area contributed by atoms with E-state index in [0.29, 0.717) is 24.5 Å². The first-order valence-electron chi connectivity index (χ1n) is 11.7. The second-order valence-electron chi connectivity index (χ2n) is 9.30. The molecule has 1 atom stereocenters. The molecule has 0 bridgehead atoms. The summed E-state index contributed by atoms with van der Waals surface area (Å²) in [7, 11) is 0. The van der Waals surface area contributed by atoms with Crippen molar-refractivity contribution in [3.8, 4) is 11.1 Å². The quantitative estimate of drug-likeness (QED) is 0.647. The summed E-state index contributed by atoms with van der Waals surface area (Å²) in [6.45, 7) is 0.376. The number of ether oxygens (including phenoxy) is 1. The summed E-state index contributed by atoms with van der Waals surface area (Å²) in [4.78, 5) is 39.1. The molecule has 2 aromatic carbocycles. The van der Waals surface area contributed by atoms with E-state index in [2.05, 4.69) is 29.6 Å². The number of carboxylic acid groups (broad SMARTS) is 1.